The lowest BCUT2D eigenvalue weighted by Gasteiger charge is -2.43. The second kappa shape index (κ2) is 9.52. The van der Waals surface area contributed by atoms with Gasteiger partial charge in [0.15, 0.2) is 21.5 Å². The number of rotatable bonds is 6. The average molecular weight is 555 g/mol. The molecular formula is C25H25ClF2N2O6S. The molecule has 2 aromatic carbocycles. The van der Waals surface area contributed by atoms with Gasteiger partial charge in [0.2, 0.25) is 0 Å². The molecular weight excluding hydrogens is 530 g/mol. The number of fused-ring (bicyclic) bond motifs is 2. The smallest absolute Gasteiger partial charge is 0.410 e. The maximum Gasteiger partial charge on any atom is 0.410 e. The van der Waals surface area contributed by atoms with Gasteiger partial charge in [-0.2, -0.15) is 0 Å². The molecule has 4 atom stereocenters. The second-order valence-electron chi connectivity index (χ2n) is 9.86. The van der Waals surface area contributed by atoms with Crippen molar-refractivity contribution in [3.05, 3.63) is 58.6 Å². The maximum absolute atomic E-state index is 13.7. The van der Waals surface area contributed by atoms with Crippen molar-refractivity contribution in [3.63, 3.8) is 0 Å². The highest BCUT2D eigenvalue weighted by Crippen LogP contribution is 2.52. The van der Waals surface area contributed by atoms with E-state index >= 15 is 0 Å². The van der Waals surface area contributed by atoms with Crippen LogP contribution in [0.25, 0.3) is 0 Å². The number of nitrogens with one attached hydrogen (secondary N) is 1. The molecule has 12 heteroatoms. The molecule has 2 N–H and O–H groups in total. The molecule has 2 bridgehead atoms. The lowest BCUT2D eigenvalue weighted by Crippen LogP contribution is -2.55. The lowest BCUT2D eigenvalue weighted by molar-refractivity contribution is -0.0720. The van der Waals surface area contributed by atoms with E-state index in [0.29, 0.717) is 19.4 Å². The molecule has 3 aliphatic rings. The summed E-state index contributed by atoms with van der Waals surface area (Å²) < 4.78 is 59.0. The van der Waals surface area contributed by atoms with Crippen LogP contribution < -0.4 is 5.32 Å². The minimum absolute atomic E-state index is 0.00767. The van der Waals surface area contributed by atoms with Crippen LogP contribution >= 0.6 is 11.6 Å². The number of β-amino-alcohol motifs (C(OH)–C–C–N with tert-alkyl or cyclic N) is 1. The van der Waals surface area contributed by atoms with Gasteiger partial charge in [0.25, 0.3) is 5.91 Å². The summed E-state index contributed by atoms with van der Waals surface area (Å²) >= 11 is 6.27. The number of hydrogen-bond acceptors (Lipinski definition) is 6. The molecule has 2 amide bonds. The lowest BCUT2D eigenvalue weighted by atomic mass is 9.74. The van der Waals surface area contributed by atoms with Crippen LogP contribution in [-0.4, -0.2) is 61.0 Å². The van der Waals surface area contributed by atoms with Crippen molar-refractivity contribution in [3.8, 4) is 0 Å². The highest BCUT2D eigenvalue weighted by atomic mass is 35.5. The fraction of sp³-hybridized carbons (Fsp3) is 0.440. The molecule has 3 fully saturated rings. The first kappa shape index (κ1) is 25.9. The van der Waals surface area contributed by atoms with Gasteiger partial charge < -0.3 is 20.1 Å². The minimum atomic E-state index is -3.99. The number of carbonyl (C=O) groups excluding carboxylic acids is 2. The number of amides is 2. The number of aliphatic hydroxyl groups is 1. The highest BCUT2D eigenvalue weighted by molar-refractivity contribution is 7.92. The first-order chi connectivity index (χ1) is 17.5. The normalized spacial score (nSPS) is 27.3. The second-order valence-corrected chi connectivity index (χ2v) is 12.5. The molecule has 0 radical (unpaired) electrons. The molecule has 0 aromatic heterocycles. The molecule has 2 aliphatic carbocycles. The monoisotopic (exact) mass is 554 g/mol. The third-order valence-corrected chi connectivity index (χ3v) is 10.4. The molecule has 5 rings (SSSR count). The zero-order valence-corrected chi connectivity index (χ0v) is 21.2. The first-order valence-corrected chi connectivity index (χ1v) is 13.9. The maximum atomic E-state index is 13.7. The van der Waals surface area contributed by atoms with Crippen LogP contribution in [0.1, 0.15) is 36.0 Å². The topological polar surface area (TPSA) is 113 Å². The third kappa shape index (κ3) is 4.68. The molecule has 1 aliphatic heterocycles. The predicted molar refractivity (Wildman–Crippen MR) is 130 cm³/mol. The Labute approximate surface area is 217 Å². The molecule has 198 valence electrons. The Morgan fingerprint density at radius 2 is 1.84 bits per heavy atom. The number of cyclic esters (lactones) is 1. The third-order valence-electron chi connectivity index (χ3n) is 7.78. The summed E-state index contributed by atoms with van der Waals surface area (Å²) in [6.45, 7) is 0.755. The van der Waals surface area contributed by atoms with E-state index in [9.17, 15) is 31.9 Å². The van der Waals surface area contributed by atoms with E-state index < -0.39 is 44.3 Å². The molecule has 1 heterocycles. The van der Waals surface area contributed by atoms with E-state index in [-0.39, 0.29) is 59.0 Å². The number of nitrogens with zero attached hydrogens (tertiary/aromatic N) is 1. The Morgan fingerprint density at radius 1 is 1.14 bits per heavy atom. The van der Waals surface area contributed by atoms with Crippen LogP contribution in [0.5, 0.6) is 0 Å². The number of ether oxygens (including phenoxy) is 1. The molecule has 8 nitrogen and oxygen atoms in total. The summed E-state index contributed by atoms with van der Waals surface area (Å²) in [5, 5.41) is 13.0. The zero-order valence-electron chi connectivity index (χ0n) is 19.6. The van der Waals surface area contributed by atoms with Crippen LogP contribution in [0.2, 0.25) is 5.02 Å². The van der Waals surface area contributed by atoms with Crippen LogP contribution in [-0.2, 0) is 14.6 Å². The number of halogens is 3. The summed E-state index contributed by atoms with van der Waals surface area (Å²) in [4.78, 5) is 25.9. The average Bonchev–Trinajstić information content (AvgIpc) is 3.27. The number of hydrogen-bond donors (Lipinski definition) is 2. The summed E-state index contributed by atoms with van der Waals surface area (Å²) in [5.74, 6) is -3.55. The van der Waals surface area contributed by atoms with Gasteiger partial charge in [-0.05, 0) is 67.9 Å². The van der Waals surface area contributed by atoms with Crippen molar-refractivity contribution in [2.45, 2.75) is 41.4 Å². The van der Waals surface area contributed by atoms with E-state index in [0.717, 1.165) is 12.1 Å². The molecule has 1 saturated heterocycles. The summed E-state index contributed by atoms with van der Waals surface area (Å²) in [5.41, 5.74) is -1.20. The predicted octanol–water partition coefficient (Wildman–Crippen LogP) is 4.02. The van der Waals surface area contributed by atoms with Crippen molar-refractivity contribution in [2.24, 2.45) is 11.8 Å². The Hall–Kier alpha value is -2.76. The van der Waals surface area contributed by atoms with Gasteiger partial charge in [-0.3, -0.25) is 4.79 Å². The molecule has 2 saturated carbocycles. The SMILES string of the molecule is O=C(Nc1ccc(F)c(F)c1)c1ccc(Cl)c(S(=O)(=O)[C@@H]2C[C@H]3CC[C@@H](C2)[C@@]3(O)CN2CCOC2=O)c1. The van der Waals surface area contributed by atoms with E-state index in [1.807, 2.05) is 0 Å². The fourth-order valence-corrected chi connectivity index (χ4v) is 8.22. The van der Waals surface area contributed by atoms with E-state index in [2.05, 4.69) is 5.32 Å². The van der Waals surface area contributed by atoms with Crippen molar-refractivity contribution < 1.29 is 36.6 Å². The van der Waals surface area contributed by atoms with Crippen LogP contribution in [0.4, 0.5) is 19.3 Å². The van der Waals surface area contributed by atoms with Crippen molar-refractivity contribution in [2.75, 3.05) is 25.0 Å². The van der Waals surface area contributed by atoms with E-state index in [4.69, 9.17) is 16.3 Å². The molecule has 2 aromatic rings. The van der Waals surface area contributed by atoms with Gasteiger partial charge in [0, 0.05) is 17.3 Å². The van der Waals surface area contributed by atoms with Gasteiger partial charge in [0.1, 0.15) is 6.61 Å². The van der Waals surface area contributed by atoms with Gasteiger partial charge in [0.05, 0.1) is 33.9 Å². The van der Waals surface area contributed by atoms with E-state index in [1.54, 1.807) is 0 Å². The van der Waals surface area contributed by atoms with Crippen molar-refractivity contribution in [1.29, 1.82) is 0 Å². The van der Waals surface area contributed by atoms with Gasteiger partial charge in [-0.25, -0.2) is 22.0 Å². The number of benzene rings is 2. The molecule has 37 heavy (non-hydrogen) atoms. The Bertz CT molecular complexity index is 1360. The Morgan fingerprint density at radius 3 is 2.46 bits per heavy atom. The van der Waals surface area contributed by atoms with Crippen LogP contribution in [0.15, 0.2) is 41.3 Å². The highest BCUT2D eigenvalue weighted by Gasteiger charge is 2.57. The van der Waals surface area contributed by atoms with Crippen LogP contribution in [0, 0.1) is 23.5 Å². The first-order valence-electron chi connectivity index (χ1n) is 11.9. The zero-order chi connectivity index (χ0) is 26.5. The van der Waals surface area contributed by atoms with Gasteiger partial charge in [-0.1, -0.05) is 11.6 Å². The van der Waals surface area contributed by atoms with E-state index in [1.165, 1.54) is 29.2 Å². The van der Waals surface area contributed by atoms with Gasteiger partial charge >= 0.3 is 6.09 Å². The van der Waals surface area contributed by atoms with Crippen molar-refractivity contribution in [1.82, 2.24) is 4.90 Å². The number of sulfone groups is 1. The fourth-order valence-electron chi connectivity index (χ4n) is 5.82. The number of carbonyl (C=O) groups is 2. The Kier molecular flexibility index (Phi) is 6.66. The van der Waals surface area contributed by atoms with Crippen molar-refractivity contribution >= 4 is 39.1 Å². The minimum Gasteiger partial charge on any atom is -0.448 e. The standard InChI is InChI=1S/C25H25ClF2N2O6S/c26-19-5-1-14(23(31)29-17-4-6-20(27)21(28)12-17)9-22(19)37(34,35)18-10-15-2-3-16(11-18)25(15,33)13-30-7-8-36-24(30)32/h1,4-6,9,12,15-16,18,33H,2-3,7-8,10-11,13H2,(H,29,31)/t15-,16+,18-,25-. The summed E-state index contributed by atoms with van der Waals surface area (Å²) in [6, 6.07) is 6.70. The number of anilines is 1. The Balaban J connectivity index is 1.35. The molecule has 0 spiro atoms. The summed E-state index contributed by atoms with van der Waals surface area (Å²) in [6.07, 6.45) is 1.19. The molecule has 0 unspecified atom stereocenters. The largest absolute Gasteiger partial charge is 0.448 e. The summed E-state index contributed by atoms with van der Waals surface area (Å²) in [7, 11) is -3.99. The van der Waals surface area contributed by atoms with Crippen LogP contribution in [0.3, 0.4) is 0 Å². The quantitative estimate of drug-likeness (QED) is 0.558. The van der Waals surface area contributed by atoms with Gasteiger partial charge in [-0.15, -0.1) is 0 Å².